The first-order valence-corrected chi connectivity index (χ1v) is 11.3. The van der Waals surface area contributed by atoms with Gasteiger partial charge in [-0.1, -0.05) is 39.3 Å². The van der Waals surface area contributed by atoms with E-state index in [0.717, 1.165) is 24.8 Å². The SMILES string of the molecule is CCCCc1ccc(C(=O)N2C(C(=O)OCC(C)C)CSC2c2ccoc2)cc1. The van der Waals surface area contributed by atoms with Gasteiger partial charge in [0.25, 0.3) is 5.91 Å². The molecule has 1 fully saturated rings. The van der Waals surface area contributed by atoms with E-state index < -0.39 is 6.04 Å². The van der Waals surface area contributed by atoms with Crippen LogP contribution in [0, 0.1) is 5.92 Å². The van der Waals surface area contributed by atoms with E-state index in [1.165, 1.54) is 5.56 Å². The van der Waals surface area contributed by atoms with E-state index in [0.29, 0.717) is 17.9 Å². The number of unbranched alkanes of at least 4 members (excludes halogenated alkanes) is 1. The first-order chi connectivity index (χ1) is 14.0. The van der Waals surface area contributed by atoms with Crippen molar-refractivity contribution in [1.82, 2.24) is 4.90 Å². The summed E-state index contributed by atoms with van der Waals surface area (Å²) in [7, 11) is 0. The predicted molar refractivity (Wildman–Crippen MR) is 115 cm³/mol. The fourth-order valence-corrected chi connectivity index (χ4v) is 4.69. The van der Waals surface area contributed by atoms with Crippen LogP contribution in [0.2, 0.25) is 0 Å². The maximum absolute atomic E-state index is 13.4. The Morgan fingerprint density at radius 1 is 1.24 bits per heavy atom. The van der Waals surface area contributed by atoms with Crippen molar-refractivity contribution in [3.05, 3.63) is 59.5 Å². The topological polar surface area (TPSA) is 59.8 Å². The molecule has 0 bridgehead atoms. The molecule has 0 spiro atoms. The first kappa shape index (κ1) is 21.5. The molecule has 1 aliphatic heterocycles. The van der Waals surface area contributed by atoms with Crippen LogP contribution in [0.3, 0.4) is 0 Å². The Hall–Kier alpha value is -2.21. The Morgan fingerprint density at radius 3 is 2.62 bits per heavy atom. The molecule has 2 heterocycles. The molecule has 2 unspecified atom stereocenters. The van der Waals surface area contributed by atoms with Crippen molar-refractivity contribution in [2.75, 3.05) is 12.4 Å². The van der Waals surface area contributed by atoms with E-state index in [2.05, 4.69) is 6.92 Å². The molecule has 1 aliphatic rings. The highest BCUT2D eigenvalue weighted by Gasteiger charge is 2.43. The van der Waals surface area contributed by atoms with E-state index in [4.69, 9.17) is 9.15 Å². The number of benzene rings is 1. The summed E-state index contributed by atoms with van der Waals surface area (Å²) < 4.78 is 10.7. The molecule has 0 radical (unpaired) electrons. The number of esters is 1. The molecule has 0 N–H and O–H groups in total. The lowest BCUT2D eigenvalue weighted by Gasteiger charge is -2.28. The molecular weight excluding hydrogens is 386 g/mol. The zero-order valence-corrected chi connectivity index (χ0v) is 18.1. The van der Waals surface area contributed by atoms with Crippen LogP contribution in [0.25, 0.3) is 0 Å². The summed E-state index contributed by atoms with van der Waals surface area (Å²) in [6, 6.07) is 8.97. The number of thioether (sulfide) groups is 1. The van der Waals surface area contributed by atoms with Crippen molar-refractivity contribution < 1.29 is 18.7 Å². The maximum Gasteiger partial charge on any atom is 0.329 e. The van der Waals surface area contributed by atoms with Gasteiger partial charge in [0.2, 0.25) is 0 Å². The van der Waals surface area contributed by atoms with Crippen molar-refractivity contribution in [2.24, 2.45) is 5.92 Å². The lowest BCUT2D eigenvalue weighted by atomic mass is 10.0. The van der Waals surface area contributed by atoms with Crippen molar-refractivity contribution in [3.63, 3.8) is 0 Å². The van der Waals surface area contributed by atoms with Gasteiger partial charge in [-0.05, 0) is 42.5 Å². The Morgan fingerprint density at radius 2 is 2.00 bits per heavy atom. The number of nitrogens with zero attached hydrogens (tertiary/aromatic N) is 1. The summed E-state index contributed by atoms with van der Waals surface area (Å²) >= 11 is 1.56. The third-order valence-corrected chi connectivity index (χ3v) is 6.24. The second-order valence-electron chi connectivity index (χ2n) is 7.79. The molecule has 0 saturated carbocycles. The Kier molecular flexibility index (Phi) is 7.42. The van der Waals surface area contributed by atoms with Crippen LogP contribution in [0.1, 0.15) is 60.5 Å². The lowest BCUT2D eigenvalue weighted by Crippen LogP contribution is -2.44. The Bertz CT molecular complexity index is 801. The molecule has 5 nitrogen and oxygen atoms in total. The van der Waals surface area contributed by atoms with Crippen LogP contribution in [-0.2, 0) is 16.0 Å². The van der Waals surface area contributed by atoms with E-state index in [9.17, 15) is 9.59 Å². The molecule has 1 aromatic heterocycles. The van der Waals surface area contributed by atoms with E-state index >= 15 is 0 Å². The molecule has 1 aromatic carbocycles. The number of carbonyl (C=O) groups excluding carboxylic acids is 2. The first-order valence-electron chi connectivity index (χ1n) is 10.2. The number of hydrogen-bond acceptors (Lipinski definition) is 5. The van der Waals surface area contributed by atoms with Crippen LogP contribution in [0.5, 0.6) is 0 Å². The zero-order valence-electron chi connectivity index (χ0n) is 17.3. The van der Waals surface area contributed by atoms with E-state index in [1.54, 1.807) is 29.2 Å². The van der Waals surface area contributed by atoms with Gasteiger partial charge < -0.3 is 14.1 Å². The second kappa shape index (κ2) is 10.0. The van der Waals surface area contributed by atoms with Crippen LogP contribution in [-0.4, -0.2) is 35.2 Å². The number of hydrogen-bond donors (Lipinski definition) is 0. The van der Waals surface area contributed by atoms with Gasteiger partial charge in [0, 0.05) is 16.9 Å². The Balaban J connectivity index is 1.82. The van der Waals surface area contributed by atoms with Gasteiger partial charge in [-0.25, -0.2) is 4.79 Å². The Labute approximate surface area is 176 Å². The summed E-state index contributed by atoms with van der Waals surface area (Å²) in [6.45, 7) is 6.50. The second-order valence-corrected chi connectivity index (χ2v) is 8.91. The average Bonchev–Trinajstić information content (AvgIpc) is 3.39. The fourth-order valence-electron chi connectivity index (χ4n) is 3.30. The van der Waals surface area contributed by atoms with Crippen molar-refractivity contribution in [2.45, 2.75) is 51.4 Å². The summed E-state index contributed by atoms with van der Waals surface area (Å²) in [5.74, 6) is 0.255. The normalized spacial score (nSPS) is 19.0. The van der Waals surface area contributed by atoms with Gasteiger partial charge in [-0.2, -0.15) is 0 Å². The van der Waals surface area contributed by atoms with E-state index in [1.807, 2.05) is 44.2 Å². The minimum absolute atomic E-state index is 0.158. The average molecular weight is 416 g/mol. The number of furan rings is 1. The summed E-state index contributed by atoms with van der Waals surface area (Å²) in [5.41, 5.74) is 2.68. The smallest absolute Gasteiger partial charge is 0.329 e. The molecule has 156 valence electrons. The lowest BCUT2D eigenvalue weighted by molar-refractivity contribution is -0.149. The highest BCUT2D eigenvalue weighted by atomic mass is 32.2. The number of ether oxygens (including phenoxy) is 1. The quantitative estimate of drug-likeness (QED) is 0.563. The van der Waals surface area contributed by atoms with Gasteiger partial charge in [-0.3, -0.25) is 4.79 Å². The van der Waals surface area contributed by atoms with Crippen LogP contribution in [0.15, 0.2) is 47.3 Å². The molecule has 0 aliphatic carbocycles. The van der Waals surface area contributed by atoms with Gasteiger partial charge in [0.1, 0.15) is 11.4 Å². The van der Waals surface area contributed by atoms with Gasteiger partial charge in [0.05, 0.1) is 19.1 Å². The molecule has 1 amide bonds. The highest BCUT2D eigenvalue weighted by Crippen LogP contribution is 2.42. The van der Waals surface area contributed by atoms with Crippen molar-refractivity contribution in [3.8, 4) is 0 Å². The van der Waals surface area contributed by atoms with Gasteiger partial charge in [-0.15, -0.1) is 11.8 Å². The zero-order chi connectivity index (χ0) is 20.8. The van der Waals surface area contributed by atoms with Gasteiger partial charge >= 0.3 is 5.97 Å². The molecule has 6 heteroatoms. The molecule has 3 rings (SSSR count). The van der Waals surface area contributed by atoms with Crippen molar-refractivity contribution in [1.29, 1.82) is 0 Å². The molecule has 2 aromatic rings. The predicted octanol–water partition coefficient (Wildman–Crippen LogP) is 5.08. The minimum atomic E-state index is -0.606. The monoisotopic (exact) mass is 415 g/mol. The van der Waals surface area contributed by atoms with E-state index in [-0.39, 0.29) is 23.2 Å². The van der Waals surface area contributed by atoms with Gasteiger partial charge in [0.15, 0.2) is 0 Å². The van der Waals surface area contributed by atoms with Crippen LogP contribution >= 0.6 is 11.8 Å². The summed E-state index contributed by atoms with van der Waals surface area (Å²) in [6.07, 6.45) is 6.49. The number of aryl methyl sites for hydroxylation is 1. The number of rotatable bonds is 8. The third kappa shape index (κ3) is 5.24. The molecule has 29 heavy (non-hydrogen) atoms. The minimum Gasteiger partial charge on any atom is -0.472 e. The molecule has 2 atom stereocenters. The fraction of sp³-hybridized carbons (Fsp3) is 0.478. The highest BCUT2D eigenvalue weighted by molar-refractivity contribution is 7.99. The van der Waals surface area contributed by atoms with Crippen LogP contribution < -0.4 is 0 Å². The third-order valence-electron chi connectivity index (χ3n) is 4.91. The number of amides is 1. The largest absolute Gasteiger partial charge is 0.472 e. The maximum atomic E-state index is 13.4. The van der Waals surface area contributed by atoms with Crippen molar-refractivity contribution >= 4 is 23.6 Å². The summed E-state index contributed by atoms with van der Waals surface area (Å²) in [5, 5.41) is -0.266. The summed E-state index contributed by atoms with van der Waals surface area (Å²) in [4.78, 5) is 27.8. The molecular formula is C23H29NO4S. The number of carbonyl (C=O) groups is 2. The standard InChI is InChI=1S/C23H29NO4S/c1-4-5-6-17-7-9-18(10-8-17)21(25)24-20(23(26)28-13-16(2)3)15-29-22(24)19-11-12-27-14-19/h7-12,14,16,20,22H,4-6,13,15H2,1-3H3. The van der Waals surface area contributed by atoms with Crippen LogP contribution in [0.4, 0.5) is 0 Å². The molecule has 1 saturated heterocycles.